The molecular formula is C18H19N7OS. The molecule has 138 valence electrons. The minimum absolute atomic E-state index is 0.0614. The monoisotopic (exact) mass is 381 g/mol. The lowest BCUT2D eigenvalue weighted by atomic mass is 10.3. The maximum absolute atomic E-state index is 12.2. The SMILES string of the molecule is Cc1cc(C)n(CCC(=O)NCc2nnc3ccc(-c4cccs4)nn23)n1. The highest BCUT2D eigenvalue weighted by atomic mass is 32.1. The van der Waals surface area contributed by atoms with Gasteiger partial charge in [-0.1, -0.05) is 6.07 Å². The van der Waals surface area contributed by atoms with E-state index in [2.05, 4.69) is 25.7 Å². The van der Waals surface area contributed by atoms with Crippen LogP contribution in [-0.4, -0.2) is 35.5 Å². The summed E-state index contributed by atoms with van der Waals surface area (Å²) < 4.78 is 3.52. The molecule has 4 aromatic heterocycles. The lowest BCUT2D eigenvalue weighted by Crippen LogP contribution is -2.25. The zero-order chi connectivity index (χ0) is 18.8. The van der Waals surface area contributed by atoms with E-state index in [1.165, 1.54) is 0 Å². The first kappa shape index (κ1) is 17.3. The average Bonchev–Trinajstić information content (AvgIpc) is 3.38. The molecule has 0 atom stereocenters. The molecule has 0 unspecified atom stereocenters. The van der Waals surface area contributed by atoms with Gasteiger partial charge in [-0.05, 0) is 43.5 Å². The molecule has 8 nitrogen and oxygen atoms in total. The quantitative estimate of drug-likeness (QED) is 0.554. The zero-order valence-electron chi connectivity index (χ0n) is 15.1. The van der Waals surface area contributed by atoms with Gasteiger partial charge in [0.05, 0.1) is 17.1 Å². The van der Waals surface area contributed by atoms with E-state index >= 15 is 0 Å². The van der Waals surface area contributed by atoms with E-state index in [9.17, 15) is 4.79 Å². The number of carbonyl (C=O) groups is 1. The predicted octanol–water partition coefficient (Wildman–Crippen LogP) is 2.37. The fraction of sp³-hybridized carbons (Fsp3) is 0.278. The van der Waals surface area contributed by atoms with E-state index < -0.39 is 0 Å². The molecular weight excluding hydrogens is 362 g/mol. The van der Waals surface area contributed by atoms with Crippen molar-refractivity contribution in [2.75, 3.05) is 0 Å². The van der Waals surface area contributed by atoms with E-state index in [0.29, 0.717) is 24.4 Å². The Morgan fingerprint density at radius 2 is 2.07 bits per heavy atom. The molecule has 1 amide bonds. The number of aryl methyl sites for hydroxylation is 3. The minimum Gasteiger partial charge on any atom is -0.349 e. The van der Waals surface area contributed by atoms with E-state index in [1.807, 2.05) is 54.2 Å². The Morgan fingerprint density at radius 3 is 2.81 bits per heavy atom. The number of hydrogen-bond donors (Lipinski definition) is 1. The Kier molecular flexibility index (Phi) is 4.68. The lowest BCUT2D eigenvalue weighted by Gasteiger charge is -2.06. The van der Waals surface area contributed by atoms with Crippen molar-refractivity contribution in [1.82, 2.24) is 34.9 Å². The average molecular weight is 381 g/mol. The van der Waals surface area contributed by atoms with Crippen LogP contribution in [0.15, 0.2) is 35.7 Å². The number of thiophene rings is 1. The van der Waals surface area contributed by atoms with Crippen LogP contribution in [-0.2, 0) is 17.9 Å². The standard InChI is InChI=1S/C18H19N7OS/c1-12-10-13(2)24(22-12)8-7-18(26)19-11-17-21-20-16-6-5-14(23-25(16)17)15-4-3-9-27-15/h3-6,9-10H,7-8,11H2,1-2H3,(H,19,26). The molecule has 0 saturated heterocycles. The maximum atomic E-state index is 12.2. The van der Waals surface area contributed by atoms with Crippen molar-refractivity contribution in [1.29, 1.82) is 0 Å². The van der Waals surface area contributed by atoms with Crippen molar-refractivity contribution in [3.8, 4) is 10.6 Å². The summed E-state index contributed by atoms with van der Waals surface area (Å²) in [6.07, 6.45) is 0.354. The summed E-state index contributed by atoms with van der Waals surface area (Å²) in [7, 11) is 0. The summed E-state index contributed by atoms with van der Waals surface area (Å²) in [5, 5.41) is 22.1. The van der Waals surface area contributed by atoms with E-state index in [-0.39, 0.29) is 12.5 Å². The molecule has 0 aromatic carbocycles. The van der Waals surface area contributed by atoms with E-state index in [0.717, 1.165) is 22.0 Å². The number of rotatable bonds is 6. The molecule has 0 aliphatic carbocycles. The van der Waals surface area contributed by atoms with Crippen LogP contribution in [0.3, 0.4) is 0 Å². The summed E-state index contributed by atoms with van der Waals surface area (Å²) >= 11 is 1.62. The largest absolute Gasteiger partial charge is 0.349 e. The first-order valence-electron chi connectivity index (χ1n) is 8.63. The number of nitrogens with one attached hydrogen (secondary N) is 1. The van der Waals surface area contributed by atoms with Gasteiger partial charge in [0, 0.05) is 18.7 Å². The van der Waals surface area contributed by atoms with Crippen molar-refractivity contribution in [2.24, 2.45) is 0 Å². The van der Waals surface area contributed by atoms with Crippen LogP contribution in [0.2, 0.25) is 0 Å². The molecule has 0 radical (unpaired) electrons. The molecule has 0 aliphatic rings. The number of nitrogens with zero attached hydrogens (tertiary/aromatic N) is 6. The third kappa shape index (κ3) is 3.72. The van der Waals surface area contributed by atoms with Crippen LogP contribution in [0.25, 0.3) is 16.2 Å². The van der Waals surface area contributed by atoms with Gasteiger partial charge < -0.3 is 5.32 Å². The van der Waals surface area contributed by atoms with Crippen molar-refractivity contribution < 1.29 is 4.79 Å². The third-order valence-corrected chi connectivity index (χ3v) is 5.09. The van der Waals surface area contributed by atoms with Crippen LogP contribution in [0.4, 0.5) is 0 Å². The van der Waals surface area contributed by atoms with Gasteiger partial charge in [0.1, 0.15) is 5.69 Å². The van der Waals surface area contributed by atoms with Gasteiger partial charge in [-0.3, -0.25) is 9.48 Å². The highest BCUT2D eigenvalue weighted by Gasteiger charge is 2.11. The molecule has 0 saturated carbocycles. The summed E-state index contributed by atoms with van der Waals surface area (Å²) in [6.45, 7) is 4.75. The Morgan fingerprint density at radius 1 is 1.19 bits per heavy atom. The summed E-state index contributed by atoms with van der Waals surface area (Å²) in [6, 6.07) is 9.80. The number of amides is 1. The first-order chi connectivity index (χ1) is 13.1. The Bertz CT molecular complexity index is 1080. The maximum Gasteiger partial charge on any atom is 0.222 e. The van der Waals surface area contributed by atoms with Gasteiger partial charge >= 0.3 is 0 Å². The van der Waals surface area contributed by atoms with E-state index in [4.69, 9.17) is 0 Å². The lowest BCUT2D eigenvalue weighted by molar-refractivity contribution is -0.121. The predicted molar refractivity (Wildman–Crippen MR) is 102 cm³/mol. The summed E-state index contributed by atoms with van der Waals surface area (Å²) in [5.74, 6) is 0.539. The summed E-state index contributed by atoms with van der Waals surface area (Å²) in [5.41, 5.74) is 3.51. The van der Waals surface area contributed by atoms with Gasteiger partial charge in [-0.2, -0.15) is 14.7 Å². The first-order valence-corrected chi connectivity index (χ1v) is 9.51. The highest BCUT2D eigenvalue weighted by Crippen LogP contribution is 2.22. The minimum atomic E-state index is -0.0614. The Labute approximate surface area is 159 Å². The number of hydrogen-bond acceptors (Lipinski definition) is 6. The van der Waals surface area contributed by atoms with E-state index in [1.54, 1.807) is 15.9 Å². The second-order valence-corrected chi connectivity index (χ2v) is 7.21. The zero-order valence-corrected chi connectivity index (χ0v) is 15.9. The molecule has 4 rings (SSSR count). The molecule has 0 aliphatic heterocycles. The summed E-state index contributed by atoms with van der Waals surface area (Å²) in [4.78, 5) is 13.3. The van der Waals surface area contributed by atoms with Crippen molar-refractivity contribution in [3.63, 3.8) is 0 Å². The highest BCUT2D eigenvalue weighted by molar-refractivity contribution is 7.13. The van der Waals surface area contributed by atoms with Gasteiger partial charge in [-0.15, -0.1) is 21.5 Å². The smallest absolute Gasteiger partial charge is 0.222 e. The molecule has 27 heavy (non-hydrogen) atoms. The van der Waals surface area contributed by atoms with Crippen LogP contribution in [0.5, 0.6) is 0 Å². The van der Waals surface area contributed by atoms with Crippen LogP contribution < -0.4 is 5.32 Å². The fourth-order valence-electron chi connectivity index (χ4n) is 2.87. The second kappa shape index (κ2) is 7.28. The fourth-order valence-corrected chi connectivity index (χ4v) is 3.56. The Balaban J connectivity index is 1.41. The van der Waals surface area contributed by atoms with Crippen LogP contribution >= 0.6 is 11.3 Å². The van der Waals surface area contributed by atoms with Gasteiger partial charge in [0.2, 0.25) is 5.91 Å². The van der Waals surface area contributed by atoms with Crippen molar-refractivity contribution in [2.45, 2.75) is 33.4 Å². The van der Waals surface area contributed by atoms with Crippen molar-refractivity contribution in [3.05, 3.63) is 52.9 Å². The molecule has 0 fully saturated rings. The topological polar surface area (TPSA) is 90.0 Å². The molecule has 9 heteroatoms. The van der Waals surface area contributed by atoms with Crippen LogP contribution in [0.1, 0.15) is 23.6 Å². The van der Waals surface area contributed by atoms with Gasteiger partial charge in [0.15, 0.2) is 11.5 Å². The van der Waals surface area contributed by atoms with Gasteiger partial charge in [-0.25, -0.2) is 0 Å². The Hall–Kier alpha value is -3.07. The number of fused-ring (bicyclic) bond motifs is 1. The molecule has 1 N–H and O–H groups in total. The molecule has 0 spiro atoms. The third-order valence-electron chi connectivity index (χ3n) is 4.20. The molecule has 0 bridgehead atoms. The normalized spacial score (nSPS) is 11.2. The second-order valence-electron chi connectivity index (χ2n) is 6.26. The number of carbonyl (C=O) groups excluding carboxylic acids is 1. The van der Waals surface area contributed by atoms with Crippen LogP contribution in [0, 0.1) is 13.8 Å². The molecule has 4 heterocycles. The number of aromatic nitrogens is 6. The van der Waals surface area contributed by atoms with Crippen molar-refractivity contribution >= 4 is 22.9 Å². The van der Waals surface area contributed by atoms with Gasteiger partial charge in [0.25, 0.3) is 0 Å². The molecule has 4 aromatic rings.